The van der Waals surface area contributed by atoms with Crippen molar-refractivity contribution in [3.63, 3.8) is 0 Å². The molecule has 0 bridgehead atoms. The molecule has 10 heteroatoms. The Bertz CT molecular complexity index is 1300. The lowest BCUT2D eigenvalue weighted by Gasteiger charge is -2.24. The van der Waals surface area contributed by atoms with Crippen LogP contribution < -0.4 is 19.7 Å². The van der Waals surface area contributed by atoms with E-state index < -0.39 is 11.9 Å². The van der Waals surface area contributed by atoms with E-state index in [-0.39, 0.29) is 18.2 Å². The van der Waals surface area contributed by atoms with Gasteiger partial charge in [0.05, 0.1) is 26.3 Å². The Morgan fingerprint density at radius 1 is 1.03 bits per heavy atom. The second-order valence-electron chi connectivity index (χ2n) is 8.34. The topological polar surface area (TPSA) is 71.1 Å². The van der Waals surface area contributed by atoms with Crippen molar-refractivity contribution in [3.8, 4) is 11.5 Å². The first kappa shape index (κ1) is 26.4. The third kappa shape index (κ3) is 6.00. The number of anilines is 2. The number of nitrogens with zero attached hydrogens (tertiary/aromatic N) is 2. The van der Waals surface area contributed by atoms with Crippen molar-refractivity contribution in [2.45, 2.75) is 18.9 Å². The van der Waals surface area contributed by atoms with E-state index in [1.165, 1.54) is 29.2 Å². The van der Waals surface area contributed by atoms with Crippen LogP contribution in [0.4, 0.5) is 15.8 Å². The molecule has 3 aromatic carbocycles. The van der Waals surface area contributed by atoms with Crippen LogP contribution in [-0.2, 0) is 16.0 Å². The maximum absolute atomic E-state index is 13.5. The maximum atomic E-state index is 13.5. The van der Waals surface area contributed by atoms with Crippen LogP contribution in [0.3, 0.4) is 0 Å². The third-order valence-corrected chi connectivity index (χ3v) is 6.67. The molecule has 37 heavy (non-hydrogen) atoms. The average Bonchev–Trinajstić information content (AvgIpc) is 3.12. The number of amides is 2. The molecule has 1 atom stereocenters. The summed E-state index contributed by atoms with van der Waals surface area (Å²) in [7, 11) is 3.13. The second-order valence-corrected chi connectivity index (χ2v) is 9.14. The lowest BCUT2D eigenvalue weighted by molar-refractivity contribution is -0.124. The van der Waals surface area contributed by atoms with Crippen LogP contribution >= 0.6 is 23.8 Å². The molecule has 1 heterocycles. The van der Waals surface area contributed by atoms with E-state index in [1.807, 2.05) is 18.2 Å². The average molecular weight is 542 g/mol. The molecular weight excluding hydrogens is 517 g/mol. The number of hydrogen-bond donors (Lipinski definition) is 1. The van der Waals surface area contributed by atoms with Crippen LogP contribution in [0.25, 0.3) is 0 Å². The number of benzene rings is 3. The minimum Gasteiger partial charge on any atom is -0.493 e. The molecule has 1 aliphatic heterocycles. The third-order valence-electron chi connectivity index (χ3n) is 6.00. The van der Waals surface area contributed by atoms with E-state index in [0.29, 0.717) is 46.0 Å². The summed E-state index contributed by atoms with van der Waals surface area (Å²) >= 11 is 11.7. The maximum Gasteiger partial charge on any atom is 0.256 e. The van der Waals surface area contributed by atoms with Crippen molar-refractivity contribution in [2.24, 2.45) is 0 Å². The van der Waals surface area contributed by atoms with Crippen LogP contribution in [0.5, 0.6) is 11.5 Å². The minimum absolute atomic E-state index is 0.133. The Morgan fingerprint density at radius 3 is 2.35 bits per heavy atom. The normalized spacial score (nSPS) is 15.2. The minimum atomic E-state index is -0.816. The van der Waals surface area contributed by atoms with Gasteiger partial charge in [-0.05, 0) is 84.9 Å². The Labute approximate surface area is 224 Å². The molecular formula is C27H25ClFN3O4S. The molecule has 7 nitrogen and oxygen atoms in total. The Morgan fingerprint density at radius 2 is 1.70 bits per heavy atom. The van der Waals surface area contributed by atoms with Gasteiger partial charge in [-0.25, -0.2) is 4.39 Å². The van der Waals surface area contributed by atoms with E-state index in [2.05, 4.69) is 5.32 Å². The van der Waals surface area contributed by atoms with Gasteiger partial charge in [-0.3, -0.25) is 14.5 Å². The van der Waals surface area contributed by atoms with Gasteiger partial charge >= 0.3 is 0 Å². The summed E-state index contributed by atoms with van der Waals surface area (Å²) < 4.78 is 23.9. The van der Waals surface area contributed by atoms with Gasteiger partial charge < -0.3 is 19.7 Å². The summed E-state index contributed by atoms with van der Waals surface area (Å²) in [4.78, 5) is 29.6. The molecule has 0 saturated carbocycles. The fourth-order valence-corrected chi connectivity index (χ4v) is 4.66. The van der Waals surface area contributed by atoms with Crippen LogP contribution in [0, 0.1) is 5.82 Å². The number of rotatable bonds is 9. The van der Waals surface area contributed by atoms with Crippen molar-refractivity contribution in [1.29, 1.82) is 0 Å². The molecule has 1 aliphatic rings. The summed E-state index contributed by atoms with van der Waals surface area (Å²) in [6, 6.07) is 17.0. The smallest absolute Gasteiger partial charge is 0.256 e. The molecule has 192 valence electrons. The highest BCUT2D eigenvalue weighted by Gasteiger charge is 2.43. The van der Waals surface area contributed by atoms with Crippen LogP contribution in [0.15, 0.2) is 66.7 Å². The van der Waals surface area contributed by atoms with Crippen LogP contribution in [0.2, 0.25) is 5.02 Å². The molecule has 0 aliphatic carbocycles. The Hall–Kier alpha value is -3.69. The van der Waals surface area contributed by atoms with Gasteiger partial charge in [0.15, 0.2) is 16.6 Å². The predicted octanol–water partition coefficient (Wildman–Crippen LogP) is 5.07. The molecule has 0 spiro atoms. The SMILES string of the molecule is COc1ccc(CCN2C(=S)N(c3ccc(Cl)cc3)C(=O)[C@@H]2CC(=O)Nc2ccc(F)cc2)cc1OC. The van der Waals surface area contributed by atoms with Crippen molar-refractivity contribution >= 4 is 52.1 Å². The van der Waals surface area contributed by atoms with Gasteiger partial charge in [0.25, 0.3) is 5.91 Å². The number of nitrogens with one attached hydrogen (secondary N) is 1. The number of thiocarbonyl (C=S) groups is 1. The summed E-state index contributed by atoms with van der Waals surface area (Å²) in [5.41, 5.74) is 1.95. The molecule has 1 fully saturated rings. The largest absolute Gasteiger partial charge is 0.493 e. The van der Waals surface area contributed by atoms with E-state index in [1.54, 1.807) is 43.4 Å². The number of carbonyl (C=O) groups excluding carboxylic acids is 2. The number of methoxy groups -OCH3 is 2. The van der Waals surface area contributed by atoms with Gasteiger partial charge in [0, 0.05) is 17.3 Å². The lowest BCUT2D eigenvalue weighted by Crippen LogP contribution is -2.39. The summed E-state index contributed by atoms with van der Waals surface area (Å²) in [5, 5.41) is 3.55. The first-order chi connectivity index (χ1) is 17.8. The van der Waals surface area contributed by atoms with Crippen molar-refractivity contribution in [3.05, 3.63) is 83.1 Å². The number of halogens is 2. The molecule has 3 aromatic rings. The fraction of sp³-hybridized carbons (Fsp3) is 0.222. The monoisotopic (exact) mass is 541 g/mol. The van der Waals surface area contributed by atoms with E-state index in [0.717, 1.165) is 5.56 Å². The molecule has 4 rings (SSSR count). The summed E-state index contributed by atoms with van der Waals surface area (Å²) in [5.74, 6) is 0.102. The van der Waals surface area contributed by atoms with Gasteiger partial charge in [0.2, 0.25) is 5.91 Å². The highest BCUT2D eigenvalue weighted by atomic mass is 35.5. The number of hydrogen-bond acceptors (Lipinski definition) is 5. The Balaban J connectivity index is 1.56. The van der Waals surface area contributed by atoms with Gasteiger partial charge in [-0.1, -0.05) is 17.7 Å². The highest BCUT2D eigenvalue weighted by molar-refractivity contribution is 7.80. The molecule has 1 N–H and O–H groups in total. The molecule has 0 aromatic heterocycles. The quantitative estimate of drug-likeness (QED) is 0.381. The lowest BCUT2D eigenvalue weighted by atomic mass is 10.1. The first-order valence-corrected chi connectivity index (χ1v) is 12.3. The van der Waals surface area contributed by atoms with Gasteiger partial charge in [0.1, 0.15) is 11.9 Å². The summed E-state index contributed by atoms with van der Waals surface area (Å²) in [6.07, 6.45) is 0.407. The highest BCUT2D eigenvalue weighted by Crippen LogP contribution is 2.30. The zero-order valence-corrected chi connectivity index (χ0v) is 21.8. The number of carbonyl (C=O) groups is 2. The van der Waals surface area contributed by atoms with E-state index >= 15 is 0 Å². The zero-order chi connectivity index (χ0) is 26.5. The first-order valence-electron chi connectivity index (χ1n) is 11.5. The van der Waals surface area contributed by atoms with E-state index in [9.17, 15) is 14.0 Å². The van der Waals surface area contributed by atoms with Crippen molar-refractivity contribution < 1.29 is 23.5 Å². The van der Waals surface area contributed by atoms with Gasteiger partial charge in [-0.2, -0.15) is 0 Å². The van der Waals surface area contributed by atoms with Crippen molar-refractivity contribution in [2.75, 3.05) is 31.0 Å². The van der Waals surface area contributed by atoms with Gasteiger partial charge in [-0.15, -0.1) is 0 Å². The van der Waals surface area contributed by atoms with Crippen LogP contribution in [0.1, 0.15) is 12.0 Å². The number of ether oxygens (including phenoxy) is 2. The Kier molecular flexibility index (Phi) is 8.25. The molecule has 0 radical (unpaired) electrons. The predicted molar refractivity (Wildman–Crippen MR) is 145 cm³/mol. The second kappa shape index (κ2) is 11.6. The molecule has 2 amide bonds. The fourth-order valence-electron chi connectivity index (χ4n) is 4.12. The molecule has 1 saturated heterocycles. The van der Waals surface area contributed by atoms with Crippen molar-refractivity contribution in [1.82, 2.24) is 4.90 Å². The summed E-state index contributed by atoms with van der Waals surface area (Å²) in [6.45, 7) is 0.388. The zero-order valence-electron chi connectivity index (χ0n) is 20.2. The molecule has 0 unspecified atom stereocenters. The van der Waals surface area contributed by atoms with E-state index in [4.69, 9.17) is 33.3 Å². The standard InChI is InChI=1S/C27H25ClFN3O4S/c1-35-23-12-3-17(15-24(23)36-2)13-14-31-22(16-25(33)30-20-8-6-19(29)7-9-20)26(34)32(27(31)37)21-10-4-18(28)5-11-21/h3-12,15,22H,13-14,16H2,1-2H3,(H,30,33)/t22-/m0/s1. The van der Waals surface area contributed by atoms with Crippen LogP contribution in [-0.4, -0.2) is 48.6 Å².